The summed E-state index contributed by atoms with van der Waals surface area (Å²) in [5, 5.41) is 11.3. The van der Waals surface area contributed by atoms with Gasteiger partial charge in [-0.05, 0) is 44.2 Å². The minimum Gasteiger partial charge on any atom is -0.497 e. The van der Waals surface area contributed by atoms with Gasteiger partial charge >= 0.3 is 0 Å². The van der Waals surface area contributed by atoms with Gasteiger partial charge < -0.3 is 10.1 Å². The number of ether oxygens (including phenoxy) is 1. The van der Waals surface area contributed by atoms with E-state index in [9.17, 15) is 13.2 Å². The minimum absolute atomic E-state index is 0.0664. The molecule has 3 rings (SSSR count). The molecule has 2 saturated carbocycles. The van der Waals surface area contributed by atoms with E-state index in [1.54, 1.807) is 6.07 Å². The van der Waals surface area contributed by atoms with E-state index in [2.05, 4.69) is 11.4 Å². The molecule has 6 nitrogen and oxygen atoms in total. The highest BCUT2D eigenvalue weighted by Crippen LogP contribution is 2.39. The molecular weight excluding hydrogens is 364 g/mol. The van der Waals surface area contributed by atoms with Crippen LogP contribution in [0.1, 0.15) is 32.1 Å². The first kappa shape index (κ1) is 18.0. The Balaban J connectivity index is 1.72. The summed E-state index contributed by atoms with van der Waals surface area (Å²) in [4.78, 5) is 12.4. The molecule has 25 heavy (non-hydrogen) atoms. The van der Waals surface area contributed by atoms with Crippen molar-refractivity contribution in [2.24, 2.45) is 5.92 Å². The Kier molecular flexibility index (Phi) is 4.69. The molecule has 0 bridgehead atoms. The van der Waals surface area contributed by atoms with Gasteiger partial charge in [-0.3, -0.25) is 4.79 Å². The summed E-state index contributed by atoms with van der Waals surface area (Å²) in [6.45, 7) is 0. The molecule has 0 unspecified atom stereocenters. The topological polar surface area (TPSA) is 96.3 Å². The minimum atomic E-state index is -3.63. The lowest BCUT2D eigenvalue weighted by Crippen LogP contribution is -2.39. The van der Waals surface area contributed by atoms with Crippen LogP contribution in [0, 0.1) is 17.2 Å². The van der Waals surface area contributed by atoms with Gasteiger partial charge in [-0.15, -0.1) is 0 Å². The number of carbonyl (C=O) groups excluding carboxylic acids is 1. The fourth-order valence-electron chi connectivity index (χ4n) is 3.21. The molecule has 2 atom stereocenters. The van der Waals surface area contributed by atoms with Crippen LogP contribution in [0.3, 0.4) is 0 Å². The van der Waals surface area contributed by atoms with Crippen molar-refractivity contribution in [2.45, 2.75) is 47.8 Å². The van der Waals surface area contributed by atoms with E-state index in [0.29, 0.717) is 31.4 Å². The molecule has 0 spiro atoms. The summed E-state index contributed by atoms with van der Waals surface area (Å²) in [5.74, 6) is -0.126. The van der Waals surface area contributed by atoms with E-state index in [1.807, 2.05) is 0 Å². The van der Waals surface area contributed by atoms with Crippen LogP contribution in [0.2, 0.25) is 5.02 Å². The van der Waals surface area contributed by atoms with Crippen LogP contribution in [-0.2, 0) is 14.6 Å². The quantitative estimate of drug-likeness (QED) is 0.843. The monoisotopic (exact) mass is 382 g/mol. The number of nitriles is 1. The smallest absolute Gasteiger partial charge is 0.224 e. The van der Waals surface area contributed by atoms with Gasteiger partial charge in [0.25, 0.3) is 0 Å². The molecule has 2 aliphatic carbocycles. The summed E-state index contributed by atoms with van der Waals surface area (Å²) in [6, 6.07) is 6.58. The number of nitrogens with one attached hydrogen (secondary N) is 1. The largest absolute Gasteiger partial charge is 0.497 e. The van der Waals surface area contributed by atoms with Crippen LogP contribution in [-0.4, -0.2) is 32.2 Å². The number of amides is 1. The SMILES string of the molecule is COc1ccc(S(=O)(=O)[C@H]2CC[C@H](C(=O)NC3(C#N)CC3)C2)c(Cl)c1. The summed E-state index contributed by atoms with van der Waals surface area (Å²) >= 11 is 6.11. The van der Waals surface area contributed by atoms with Crippen molar-refractivity contribution in [3.05, 3.63) is 23.2 Å². The van der Waals surface area contributed by atoms with Crippen molar-refractivity contribution in [1.82, 2.24) is 5.32 Å². The molecule has 0 saturated heterocycles. The molecule has 0 aromatic heterocycles. The van der Waals surface area contributed by atoms with E-state index >= 15 is 0 Å². The molecule has 1 N–H and O–H groups in total. The van der Waals surface area contributed by atoms with Crippen molar-refractivity contribution in [2.75, 3.05) is 7.11 Å². The van der Waals surface area contributed by atoms with Gasteiger partial charge in [-0.1, -0.05) is 11.6 Å². The second-order valence-corrected chi connectivity index (χ2v) is 9.26. The Labute approximate surface area is 152 Å². The third-order valence-corrected chi connectivity index (χ3v) is 7.67. The summed E-state index contributed by atoms with van der Waals surface area (Å²) in [7, 11) is -2.15. The number of hydrogen-bond donors (Lipinski definition) is 1. The molecule has 0 aliphatic heterocycles. The van der Waals surface area contributed by atoms with Crippen LogP contribution in [0.4, 0.5) is 0 Å². The van der Waals surface area contributed by atoms with Gasteiger partial charge in [0.05, 0.1) is 28.3 Å². The molecule has 1 amide bonds. The lowest BCUT2D eigenvalue weighted by molar-refractivity contribution is -0.125. The van der Waals surface area contributed by atoms with E-state index in [4.69, 9.17) is 21.6 Å². The van der Waals surface area contributed by atoms with Crippen LogP contribution in [0.5, 0.6) is 5.75 Å². The molecule has 1 aromatic rings. The number of sulfone groups is 1. The third kappa shape index (κ3) is 3.46. The summed E-state index contributed by atoms with van der Waals surface area (Å²) in [5.41, 5.74) is -0.729. The van der Waals surface area contributed by atoms with Gasteiger partial charge in [0.15, 0.2) is 9.84 Å². The second kappa shape index (κ2) is 6.50. The third-order valence-electron chi connectivity index (χ3n) is 4.97. The Morgan fingerprint density at radius 1 is 1.40 bits per heavy atom. The van der Waals surface area contributed by atoms with Crippen LogP contribution in [0.25, 0.3) is 0 Å². The predicted octanol–water partition coefficient (Wildman–Crippen LogP) is 2.46. The van der Waals surface area contributed by atoms with Crippen LogP contribution in [0.15, 0.2) is 23.1 Å². The molecule has 2 aliphatic rings. The Bertz CT molecular complexity index is 843. The maximum atomic E-state index is 12.9. The number of benzene rings is 1. The van der Waals surface area contributed by atoms with E-state index in [1.165, 1.54) is 19.2 Å². The molecular formula is C17H19ClN2O4S. The standard InChI is InChI=1S/C17H19ClN2O4S/c1-24-12-3-5-15(14(18)9-12)25(22,23)13-4-2-11(8-13)16(21)20-17(10-19)6-7-17/h3,5,9,11,13H,2,4,6-8H2,1H3,(H,20,21)/t11-,13-/m0/s1. The van der Waals surface area contributed by atoms with Crippen LogP contribution >= 0.6 is 11.6 Å². The first-order chi connectivity index (χ1) is 11.8. The van der Waals surface area contributed by atoms with Crippen molar-refractivity contribution < 1.29 is 17.9 Å². The van der Waals surface area contributed by atoms with Crippen molar-refractivity contribution in [3.63, 3.8) is 0 Å². The van der Waals surface area contributed by atoms with Crippen molar-refractivity contribution in [1.29, 1.82) is 5.26 Å². The predicted molar refractivity (Wildman–Crippen MR) is 92.0 cm³/mol. The lowest BCUT2D eigenvalue weighted by atomic mass is 10.1. The Morgan fingerprint density at radius 3 is 2.68 bits per heavy atom. The van der Waals surface area contributed by atoms with Crippen molar-refractivity contribution >= 4 is 27.3 Å². The van der Waals surface area contributed by atoms with E-state index in [0.717, 1.165) is 0 Å². The van der Waals surface area contributed by atoms with Gasteiger partial charge in [-0.2, -0.15) is 5.26 Å². The summed E-state index contributed by atoms with van der Waals surface area (Å²) < 4.78 is 30.8. The molecule has 134 valence electrons. The fraction of sp³-hybridized carbons (Fsp3) is 0.529. The number of nitrogens with zero attached hydrogens (tertiary/aromatic N) is 1. The zero-order valence-electron chi connectivity index (χ0n) is 13.8. The second-order valence-electron chi connectivity index (χ2n) is 6.66. The first-order valence-electron chi connectivity index (χ1n) is 8.12. The molecule has 1 aromatic carbocycles. The van der Waals surface area contributed by atoms with Gasteiger partial charge in [0.2, 0.25) is 5.91 Å². The Morgan fingerprint density at radius 2 is 2.12 bits per heavy atom. The van der Waals surface area contributed by atoms with E-state index in [-0.39, 0.29) is 28.2 Å². The highest BCUT2D eigenvalue weighted by Gasteiger charge is 2.47. The van der Waals surface area contributed by atoms with Gasteiger partial charge in [-0.25, -0.2) is 8.42 Å². The zero-order valence-corrected chi connectivity index (χ0v) is 15.4. The van der Waals surface area contributed by atoms with Gasteiger partial charge in [0, 0.05) is 12.0 Å². The lowest BCUT2D eigenvalue weighted by Gasteiger charge is -2.16. The van der Waals surface area contributed by atoms with Gasteiger partial charge in [0.1, 0.15) is 11.3 Å². The average Bonchev–Trinajstić information content (AvgIpc) is 3.17. The number of halogens is 1. The highest BCUT2D eigenvalue weighted by molar-refractivity contribution is 7.92. The van der Waals surface area contributed by atoms with E-state index < -0.39 is 20.6 Å². The number of carbonyl (C=O) groups is 1. The zero-order chi connectivity index (χ0) is 18.2. The average molecular weight is 383 g/mol. The number of methoxy groups -OCH3 is 1. The normalized spacial score (nSPS) is 24.4. The van der Waals surface area contributed by atoms with Crippen LogP contribution < -0.4 is 10.1 Å². The Hall–Kier alpha value is -1.78. The maximum absolute atomic E-state index is 12.9. The fourth-order valence-corrected chi connectivity index (χ4v) is 5.58. The number of hydrogen-bond acceptors (Lipinski definition) is 5. The molecule has 0 heterocycles. The number of rotatable bonds is 5. The summed E-state index contributed by atoms with van der Waals surface area (Å²) in [6.07, 6.45) is 2.46. The highest BCUT2D eigenvalue weighted by atomic mass is 35.5. The molecule has 0 radical (unpaired) electrons. The molecule has 8 heteroatoms. The van der Waals surface area contributed by atoms with Crippen molar-refractivity contribution in [3.8, 4) is 11.8 Å². The maximum Gasteiger partial charge on any atom is 0.224 e. The first-order valence-corrected chi connectivity index (χ1v) is 10.0. The molecule has 2 fully saturated rings.